The average molecular weight is 1570 g/mol. The Hall–Kier alpha value is -11.6. The first-order valence-electron chi connectivity index (χ1n) is 33.6. The van der Waals surface area contributed by atoms with Crippen molar-refractivity contribution in [1.82, 2.24) is 59.8 Å². The number of anilines is 13. The van der Waals surface area contributed by atoms with Gasteiger partial charge < -0.3 is 49.1 Å². The molecule has 1 fully saturated rings. The maximum atomic E-state index is 14.6. The van der Waals surface area contributed by atoms with Gasteiger partial charge in [0.25, 0.3) is 0 Å². The van der Waals surface area contributed by atoms with Crippen molar-refractivity contribution >= 4 is 146 Å². The van der Waals surface area contributed by atoms with Crippen molar-refractivity contribution in [2.45, 2.75) is 77.1 Å². The van der Waals surface area contributed by atoms with Crippen molar-refractivity contribution in [3.8, 4) is 21.8 Å². The van der Waals surface area contributed by atoms with Gasteiger partial charge in [0.2, 0.25) is 23.8 Å². The van der Waals surface area contributed by atoms with Crippen LogP contribution in [0.2, 0.25) is 0 Å². The van der Waals surface area contributed by atoms with Crippen LogP contribution in [0.4, 0.5) is 93.2 Å². The van der Waals surface area contributed by atoms with Crippen molar-refractivity contribution in [2.24, 2.45) is 0 Å². The van der Waals surface area contributed by atoms with Crippen molar-refractivity contribution < 1.29 is 17.6 Å². The molecule has 5 aromatic carbocycles. The summed E-state index contributed by atoms with van der Waals surface area (Å²) >= 11 is 8.89. The lowest BCUT2D eigenvalue weighted by atomic mass is 10.1. The fraction of sp³-hybridized carbons (Fsp3) is 0.103. The molecule has 0 saturated carbocycles. The summed E-state index contributed by atoms with van der Waals surface area (Å²) in [5, 5.41) is 21.0. The summed E-state index contributed by atoms with van der Waals surface area (Å²) in [5.74, 6) is 3.73. The minimum atomic E-state index is -0.322. The highest BCUT2D eigenvalue weighted by molar-refractivity contribution is 8.00. The Bertz CT molecular complexity index is 5290. The van der Waals surface area contributed by atoms with E-state index in [0.29, 0.717) is 88.3 Å². The number of hydrogen-bond donors (Lipinski definition) is 9. The fourth-order valence-electron chi connectivity index (χ4n) is 10.3. The van der Waals surface area contributed by atoms with E-state index >= 15 is 0 Å². The van der Waals surface area contributed by atoms with Gasteiger partial charge in [0.05, 0.1) is 22.0 Å². The molecule has 0 bridgehead atoms. The summed E-state index contributed by atoms with van der Waals surface area (Å²) in [6.45, 7) is 4.00. The van der Waals surface area contributed by atoms with E-state index in [1.165, 1.54) is 77.7 Å². The van der Waals surface area contributed by atoms with Crippen LogP contribution in [-0.4, -0.2) is 78.7 Å². The van der Waals surface area contributed by atoms with Gasteiger partial charge in [-0.05, 0) is 165 Å². The Kier molecular flexibility index (Phi) is 27.0. The number of benzene rings is 5. The number of rotatable bonds is 22. The Morgan fingerprint density at radius 2 is 0.807 bits per heavy atom. The number of thiophene rings is 1. The summed E-state index contributed by atoms with van der Waals surface area (Å²) in [4.78, 5) is 57.0. The summed E-state index contributed by atoms with van der Waals surface area (Å²) in [6.07, 6.45) is 15.8. The first-order valence-corrected chi connectivity index (χ1v) is 38.8. The van der Waals surface area contributed by atoms with Crippen molar-refractivity contribution in [3.63, 3.8) is 0 Å². The quantitative estimate of drug-likeness (QED) is 0.0285. The summed E-state index contributed by atoms with van der Waals surface area (Å²) in [6, 6.07) is 55.8. The molecular weight excluding hydrogens is 1500 g/mol. The molecule has 31 heteroatoms. The highest BCUT2D eigenvalue weighted by atomic mass is 32.2. The second kappa shape index (κ2) is 38.3. The van der Waals surface area contributed by atoms with Crippen LogP contribution in [0, 0.1) is 23.3 Å². The second-order valence-corrected chi connectivity index (χ2v) is 30.3. The highest BCUT2D eigenvalue weighted by Gasteiger charge is 2.22. The van der Waals surface area contributed by atoms with Crippen LogP contribution >= 0.6 is 70.1 Å². The minimum Gasteiger partial charge on any atom is -0.368 e. The van der Waals surface area contributed by atoms with Crippen LogP contribution in [0.5, 0.6) is 0 Å². The Balaban J connectivity index is 0.000000136. The van der Waals surface area contributed by atoms with Crippen molar-refractivity contribution in [3.05, 3.63) is 272 Å². The Morgan fingerprint density at radius 3 is 1.19 bits per heavy atom. The molecular formula is C78H69F4N21S6. The summed E-state index contributed by atoms with van der Waals surface area (Å²) < 4.78 is 58.0. The van der Waals surface area contributed by atoms with E-state index in [9.17, 15) is 17.6 Å². The number of nitrogens with two attached hydrogens (primary N) is 3. The molecule has 12 N–H and O–H groups in total. The normalized spacial score (nSPS) is 12.1. The number of nitrogen functional groups attached to an aromatic ring is 3. The van der Waals surface area contributed by atoms with Crippen molar-refractivity contribution in [1.29, 1.82) is 0 Å². The lowest BCUT2D eigenvalue weighted by Gasteiger charge is -2.13. The first kappa shape index (κ1) is 77.0. The molecule has 1 unspecified atom stereocenters. The Morgan fingerprint density at radius 1 is 0.413 bits per heavy atom. The monoisotopic (exact) mass is 1570 g/mol. The molecule has 21 nitrogen and oxygen atoms in total. The molecule has 0 spiro atoms. The molecule has 109 heavy (non-hydrogen) atoms. The molecule has 1 atom stereocenters. The van der Waals surface area contributed by atoms with Gasteiger partial charge in [-0.2, -0.15) is 36.7 Å². The number of hydrogen-bond acceptors (Lipinski definition) is 27. The summed E-state index contributed by atoms with van der Waals surface area (Å²) in [5.41, 5.74) is 23.2. The van der Waals surface area contributed by atoms with Gasteiger partial charge in [0.15, 0.2) is 0 Å². The van der Waals surface area contributed by atoms with Gasteiger partial charge in [-0.1, -0.05) is 83.4 Å². The van der Waals surface area contributed by atoms with Crippen LogP contribution in [0.3, 0.4) is 0 Å². The van der Waals surface area contributed by atoms with E-state index in [4.69, 9.17) is 17.2 Å². The van der Waals surface area contributed by atoms with Gasteiger partial charge in [0, 0.05) is 160 Å². The number of nitrogens with one attached hydrogen (secondary N) is 6. The van der Waals surface area contributed by atoms with Gasteiger partial charge in [-0.3, -0.25) is 19.9 Å². The second-order valence-electron chi connectivity index (χ2n) is 23.6. The largest absolute Gasteiger partial charge is 0.368 e. The standard InChI is InChI=1S/C21H16FN5S.C20H20FN5S2.C19H14FN5S2.C18H19FN6S/c22-17-12-15(6-7-19(17)28-16-8-10-24-11-9-16)25-20-13-18(26-21(23)27-20)14-4-2-1-3-5-14;1-22-20-25-16(18-3-2-10-27-18)12-19(26-20)24-13-4-5-17(15(21)11-13)28-14-6-8-23-9-7-14;20-14-10-12(3-4-16(14)27-13-5-7-22-8-6-13)23-18-11-15(24-19(21)25-18)17-2-1-9-26-17;1-11(2)22-16-10-17(25-18(20)24-16)23-12-3-4-15(14(19)9-12)26-13-5-7-21-8-6-13/h1-13H,(H3,23,25,26,27);4-9,11-12,18H,2-3,10H2,1H3,(H2,22,24,25,26);1-11H,(H3,21,23,24,25);3-11H,1-2H3,(H4,20,22,23,24,25). The van der Waals surface area contributed by atoms with E-state index in [2.05, 4.69) is 91.7 Å². The van der Waals surface area contributed by atoms with Gasteiger partial charge in [0.1, 0.15) is 52.4 Å². The predicted molar refractivity (Wildman–Crippen MR) is 435 cm³/mol. The van der Waals surface area contributed by atoms with E-state index in [0.717, 1.165) is 53.6 Å². The van der Waals surface area contributed by atoms with E-state index < -0.39 is 0 Å². The number of halogens is 4. The molecule has 550 valence electrons. The molecule has 15 rings (SSSR count). The lowest BCUT2D eigenvalue weighted by molar-refractivity contribution is 0.602. The maximum absolute atomic E-state index is 14.6. The number of thioether (sulfide) groups is 1. The molecule has 10 heterocycles. The SMILES string of the molecule is CC(C)Nc1cc(Nc2ccc(Sc3ccncc3)c(F)c2)nc(N)n1.CNc1nc(Nc2ccc(Sc3ccncc3)c(F)c2)cc(C2CCCS2)n1.Nc1nc(Nc2ccc(Sc3ccncc3)c(F)c2)cc(-c2ccccc2)n1.Nc1nc(Nc2ccc(Sc3ccncc3)c(F)c2)cc(-c2cccs2)n1. The first-order chi connectivity index (χ1) is 53.0. The number of pyridine rings is 4. The lowest BCUT2D eigenvalue weighted by Crippen LogP contribution is -2.12. The zero-order valence-corrected chi connectivity index (χ0v) is 63.3. The number of nitrogens with zero attached hydrogens (tertiary/aromatic N) is 12. The molecule has 1 saturated heterocycles. The summed E-state index contributed by atoms with van der Waals surface area (Å²) in [7, 11) is 1.80. The minimum absolute atomic E-state index is 0.142. The third-order valence-corrected chi connectivity index (χ3v) is 21.6. The van der Waals surface area contributed by atoms with Crippen LogP contribution < -0.4 is 49.1 Å². The fourth-order valence-corrected chi connectivity index (χ4v) is 15.4. The molecule has 0 amide bonds. The molecule has 1 aliphatic heterocycles. The van der Waals surface area contributed by atoms with Crippen LogP contribution in [-0.2, 0) is 0 Å². The third-order valence-electron chi connectivity index (χ3n) is 15.1. The molecule has 0 radical (unpaired) electrons. The highest BCUT2D eigenvalue weighted by Crippen LogP contribution is 2.41. The molecule has 1 aliphatic rings. The van der Waals surface area contributed by atoms with Gasteiger partial charge >= 0.3 is 0 Å². The zero-order chi connectivity index (χ0) is 75.9. The van der Waals surface area contributed by atoms with E-state index in [1.54, 1.807) is 129 Å². The van der Waals surface area contributed by atoms with Crippen LogP contribution in [0.1, 0.15) is 37.6 Å². The average Bonchev–Trinajstić information content (AvgIpc) is 1.72. The Labute approximate surface area is 651 Å². The molecule has 14 aromatic rings. The maximum Gasteiger partial charge on any atom is 0.224 e. The zero-order valence-electron chi connectivity index (χ0n) is 58.4. The van der Waals surface area contributed by atoms with Gasteiger partial charge in [-0.25, -0.2) is 32.5 Å². The smallest absolute Gasteiger partial charge is 0.224 e. The van der Waals surface area contributed by atoms with Crippen LogP contribution in [0.25, 0.3) is 21.8 Å². The van der Waals surface area contributed by atoms with E-state index in [1.807, 2.05) is 134 Å². The van der Waals surface area contributed by atoms with Crippen LogP contribution in [0.15, 0.2) is 282 Å². The molecule has 9 aromatic heterocycles. The molecule has 0 aliphatic carbocycles. The third kappa shape index (κ3) is 23.2. The predicted octanol–water partition coefficient (Wildman–Crippen LogP) is 20.2. The number of aromatic nitrogens is 12. The topological polar surface area (TPSA) is 305 Å². The van der Waals surface area contributed by atoms with Crippen molar-refractivity contribution in [2.75, 3.05) is 61.9 Å². The van der Waals surface area contributed by atoms with Gasteiger partial charge in [-0.15, -0.1) is 11.3 Å². The van der Waals surface area contributed by atoms with E-state index in [-0.39, 0.29) is 47.2 Å².